The van der Waals surface area contributed by atoms with Gasteiger partial charge in [-0.3, -0.25) is 0 Å². The molecule has 0 spiro atoms. The number of anilines is 1. The van der Waals surface area contributed by atoms with Gasteiger partial charge in [-0.05, 0) is 19.1 Å². The number of hydrogen-bond donors (Lipinski definition) is 1. The van der Waals surface area contributed by atoms with Gasteiger partial charge in [0.2, 0.25) is 0 Å². The molecule has 0 radical (unpaired) electrons. The van der Waals surface area contributed by atoms with Crippen LogP contribution in [-0.2, 0) is 6.54 Å². The number of nitrogens with one attached hydrogen (secondary N) is 1. The normalized spacial score (nSPS) is 10.4. The monoisotopic (exact) mass is 302 g/mol. The first-order valence-corrected chi connectivity index (χ1v) is 6.23. The summed E-state index contributed by atoms with van der Waals surface area (Å²) in [4.78, 5) is 12.3. The van der Waals surface area contributed by atoms with E-state index < -0.39 is 0 Å². The van der Waals surface area contributed by atoms with Gasteiger partial charge < -0.3 is 5.32 Å². The lowest BCUT2D eigenvalue weighted by atomic mass is 10.4. The molecule has 0 saturated heterocycles. The van der Waals surface area contributed by atoms with E-state index in [1.807, 2.05) is 13.0 Å². The average molecular weight is 304 g/mol. The molecule has 0 aliphatic rings. The molecular formula is C11H9Cl3N4. The number of hydrogen-bond acceptors (Lipinski definition) is 4. The van der Waals surface area contributed by atoms with E-state index in [0.717, 1.165) is 5.69 Å². The first kappa shape index (κ1) is 13.3. The molecule has 0 saturated carbocycles. The van der Waals surface area contributed by atoms with Crippen LogP contribution in [0.4, 0.5) is 5.82 Å². The van der Waals surface area contributed by atoms with E-state index >= 15 is 0 Å². The van der Waals surface area contributed by atoms with Crippen molar-refractivity contribution in [2.75, 3.05) is 5.32 Å². The molecule has 0 aliphatic carbocycles. The molecule has 0 atom stereocenters. The third kappa shape index (κ3) is 3.22. The Morgan fingerprint density at radius 3 is 2.67 bits per heavy atom. The maximum atomic E-state index is 6.00. The lowest BCUT2D eigenvalue weighted by molar-refractivity contribution is 0.950. The van der Waals surface area contributed by atoms with E-state index in [-0.39, 0.29) is 5.15 Å². The summed E-state index contributed by atoms with van der Waals surface area (Å²) in [7, 11) is 0. The predicted molar refractivity (Wildman–Crippen MR) is 73.4 cm³/mol. The molecular weight excluding hydrogens is 295 g/mol. The summed E-state index contributed by atoms with van der Waals surface area (Å²) in [5.41, 5.74) is 0.839. The fraction of sp³-hybridized carbons (Fsp3) is 0.182. The van der Waals surface area contributed by atoms with Crippen molar-refractivity contribution >= 4 is 40.6 Å². The van der Waals surface area contributed by atoms with Gasteiger partial charge >= 0.3 is 0 Å². The van der Waals surface area contributed by atoms with Crippen LogP contribution in [0.5, 0.6) is 0 Å². The fourth-order valence-corrected chi connectivity index (χ4v) is 1.91. The molecule has 7 heteroatoms. The molecule has 0 bridgehead atoms. The minimum atomic E-state index is 0.211. The van der Waals surface area contributed by atoms with E-state index in [2.05, 4.69) is 20.3 Å². The van der Waals surface area contributed by atoms with E-state index in [1.54, 1.807) is 12.3 Å². The summed E-state index contributed by atoms with van der Waals surface area (Å²) >= 11 is 17.6. The molecule has 2 aromatic heterocycles. The van der Waals surface area contributed by atoms with Gasteiger partial charge in [0.15, 0.2) is 0 Å². The van der Waals surface area contributed by atoms with Crippen molar-refractivity contribution in [3.05, 3.63) is 45.0 Å². The predicted octanol–water partition coefficient (Wildman–Crippen LogP) is 3.75. The summed E-state index contributed by atoms with van der Waals surface area (Å²) in [5, 5.41) is 4.00. The van der Waals surface area contributed by atoms with Crippen LogP contribution in [0.2, 0.25) is 15.2 Å². The van der Waals surface area contributed by atoms with Crippen molar-refractivity contribution in [3.8, 4) is 0 Å². The van der Waals surface area contributed by atoms with Crippen LogP contribution in [0, 0.1) is 6.92 Å². The standard InChI is InChI=1S/C11H9Cl3N4/c1-6-15-3-2-7(17-6)5-16-11-9(13)4-8(12)10(14)18-11/h2-4H,5H2,1H3,(H,16,18). The summed E-state index contributed by atoms with van der Waals surface area (Å²) in [5.74, 6) is 1.19. The topological polar surface area (TPSA) is 50.7 Å². The maximum Gasteiger partial charge on any atom is 0.150 e. The van der Waals surface area contributed by atoms with E-state index in [0.29, 0.717) is 28.2 Å². The molecule has 1 N–H and O–H groups in total. The lowest BCUT2D eigenvalue weighted by Gasteiger charge is -2.08. The SMILES string of the molecule is Cc1nccc(CNc2nc(Cl)c(Cl)cc2Cl)n1. The molecule has 94 valence electrons. The maximum absolute atomic E-state index is 6.00. The second kappa shape index (κ2) is 5.69. The number of aromatic nitrogens is 3. The molecule has 2 heterocycles. The Morgan fingerprint density at radius 1 is 1.17 bits per heavy atom. The van der Waals surface area contributed by atoms with Crippen LogP contribution < -0.4 is 5.32 Å². The van der Waals surface area contributed by atoms with Gasteiger partial charge in [-0.15, -0.1) is 0 Å². The van der Waals surface area contributed by atoms with Crippen molar-refractivity contribution < 1.29 is 0 Å². The van der Waals surface area contributed by atoms with Crippen LogP contribution in [0.1, 0.15) is 11.5 Å². The number of pyridine rings is 1. The lowest BCUT2D eigenvalue weighted by Crippen LogP contribution is -2.05. The molecule has 18 heavy (non-hydrogen) atoms. The van der Waals surface area contributed by atoms with Gasteiger partial charge in [0, 0.05) is 6.20 Å². The average Bonchev–Trinajstić information content (AvgIpc) is 2.32. The van der Waals surface area contributed by atoms with E-state index in [9.17, 15) is 0 Å². The quantitative estimate of drug-likeness (QED) is 0.877. The molecule has 4 nitrogen and oxygen atoms in total. The van der Waals surface area contributed by atoms with Crippen LogP contribution in [0.25, 0.3) is 0 Å². The van der Waals surface area contributed by atoms with Crippen LogP contribution in [0.3, 0.4) is 0 Å². The molecule has 2 rings (SSSR count). The van der Waals surface area contributed by atoms with Crippen LogP contribution in [0.15, 0.2) is 18.3 Å². The third-order valence-electron chi connectivity index (χ3n) is 2.16. The molecule has 0 unspecified atom stereocenters. The van der Waals surface area contributed by atoms with Crippen LogP contribution in [-0.4, -0.2) is 15.0 Å². The van der Waals surface area contributed by atoms with Crippen molar-refractivity contribution in [2.24, 2.45) is 0 Å². The Morgan fingerprint density at radius 2 is 1.94 bits per heavy atom. The first-order chi connectivity index (χ1) is 8.56. The Balaban J connectivity index is 2.13. The van der Waals surface area contributed by atoms with E-state index in [1.165, 1.54) is 0 Å². The van der Waals surface area contributed by atoms with E-state index in [4.69, 9.17) is 34.8 Å². The van der Waals surface area contributed by atoms with Gasteiger partial charge in [0.05, 0.1) is 22.3 Å². The molecule has 2 aromatic rings. The number of nitrogens with zero attached hydrogens (tertiary/aromatic N) is 3. The molecule has 0 amide bonds. The first-order valence-electron chi connectivity index (χ1n) is 5.10. The number of halogens is 3. The zero-order chi connectivity index (χ0) is 13.1. The summed E-state index contributed by atoms with van der Waals surface area (Å²) in [6, 6.07) is 3.36. The third-order valence-corrected chi connectivity index (χ3v) is 3.12. The van der Waals surface area contributed by atoms with Gasteiger partial charge in [-0.2, -0.15) is 0 Å². The minimum Gasteiger partial charge on any atom is -0.363 e. The number of aryl methyl sites for hydroxylation is 1. The highest BCUT2D eigenvalue weighted by Gasteiger charge is 2.07. The highest BCUT2D eigenvalue weighted by Crippen LogP contribution is 2.28. The van der Waals surface area contributed by atoms with Gasteiger partial charge in [0.1, 0.15) is 16.8 Å². The summed E-state index contributed by atoms with van der Waals surface area (Å²) in [6.07, 6.45) is 1.70. The van der Waals surface area contributed by atoms with Crippen molar-refractivity contribution in [2.45, 2.75) is 13.5 Å². The highest BCUT2D eigenvalue weighted by molar-refractivity contribution is 6.42. The Bertz CT molecular complexity index is 574. The molecule has 0 aromatic carbocycles. The summed E-state index contributed by atoms with van der Waals surface area (Å²) in [6.45, 7) is 2.31. The fourth-order valence-electron chi connectivity index (χ4n) is 1.35. The Hall–Kier alpha value is -1.10. The van der Waals surface area contributed by atoms with Gasteiger partial charge in [0.25, 0.3) is 0 Å². The van der Waals surface area contributed by atoms with Crippen molar-refractivity contribution in [3.63, 3.8) is 0 Å². The highest BCUT2D eigenvalue weighted by atomic mass is 35.5. The van der Waals surface area contributed by atoms with Gasteiger partial charge in [-0.25, -0.2) is 15.0 Å². The molecule has 0 fully saturated rings. The Labute approximate surface area is 119 Å². The largest absolute Gasteiger partial charge is 0.363 e. The minimum absolute atomic E-state index is 0.211. The zero-order valence-electron chi connectivity index (χ0n) is 9.41. The Kier molecular flexibility index (Phi) is 4.22. The molecule has 0 aliphatic heterocycles. The van der Waals surface area contributed by atoms with Gasteiger partial charge in [-0.1, -0.05) is 34.8 Å². The zero-order valence-corrected chi connectivity index (χ0v) is 11.7. The second-order valence-electron chi connectivity index (χ2n) is 3.54. The van der Waals surface area contributed by atoms with Crippen molar-refractivity contribution in [1.82, 2.24) is 15.0 Å². The van der Waals surface area contributed by atoms with Crippen LogP contribution >= 0.6 is 34.8 Å². The van der Waals surface area contributed by atoms with Crippen molar-refractivity contribution in [1.29, 1.82) is 0 Å². The summed E-state index contributed by atoms with van der Waals surface area (Å²) < 4.78 is 0. The second-order valence-corrected chi connectivity index (χ2v) is 4.71. The number of rotatable bonds is 3. The smallest absolute Gasteiger partial charge is 0.150 e.